The van der Waals surface area contributed by atoms with Crippen molar-refractivity contribution in [1.29, 1.82) is 0 Å². The Kier molecular flexibility index (Phi) is 5.49. The van der Waals surface area contributed by atoms with Crippen molar-refractivity contribution in [2.24, 2.45) is 0 Å². The molecule has 0 aliphatic heterocycles. The summed E-state index contributed by atoms with van der Waals surface area (Å²) in [5.74, 6) is -0.455. The number of hydrogen-bond donors (Lipinski definition) is 2. The number of aryl methyl sites for hydroxylation is 1. The van der Waals surface area contributed by atoms with Crippen LogP contribution in [0.5, 0.6) is 0 Å². The van der Waals surface area contributed by atoms with E-state index in [0.29, 0.717) is 16.8 Å². The van der Waals surface area contributed by atoms with Gasteiger partial charge in [0, 0.05) is 27.0 Å². The van der Waals surface area contributed by atoms with E-state index in [1.165, 1.54) is 0 Å². The molecule has 3 rings (SSSR count). The van der Waals surface area contributed by atoms with Gasteiger partial charge in [0.05, 0.1) is 0 Å². The molecule has 0 fully saturated rings. The van der Waals surface area contributed by atoms with Crippen LogP contribution in [0, 0.1) is 6.92 Å². The van der Waals surface area contributed by atoms with Crippen LogP contribution in [-0.4, -0.2) is 11.8 Å². The van der Waals surface area contributed by atoms with Crippen LogP contribution in [0.25, 0.3) is 0 Å². The molecule has 0 bridgehead atoms. The third kappa shape index (κ3) is 4.58. The van der Waals surface area contributed by atoms with Crippen molar-refractivity contribution < 1.29 is 9.59 Å². The topological polar surface area (TPSA) is 58.2 Å². The lowest BCUT2D eigenvalue weighted by molar-refractivity contribution is 0.101. The number of carbonyl (C=O) groups is 2. The minimum atomic E-state index is -0.228. The molecule has 0 heterocycles. The Bertz CT molecular complexity index is 952. The van der Waals surface area contributed by atoms with E-state index in [9.17, 15) is 9.59 Å². The zero-order valence-corrected chi connectivity index (χ0v) is 15.7. The molecule has 0 saturated heterocycles. The van der Waals surface area contributed by atoms with Gasteiger partial charge < -0.3 is 10.6 Å². The van der Waals surface area contributed by atoms with E-state index in [2.05, 4.69) is 26.6 Å². The third-order valence-electron chi connectivity index (χ3n) is 3.76. The predicted molar refractivity (Wildman–Crippen MR) is 108 cm³/mol. The minimum Gasteiger partial charge on any atom is -0.322 e. The lowest BCUT2D eigenvalue weighted by atomic mass is 10.1. The molecule has 3 aromatic rings. The maximum absolute atomic E-state index is 12.4. The van der Waals surface area contributed by atoms with E-state index in [1.54, 1.807) is 48.5 Å². The van der Waals surface area contributed by atoms with Gasteiger partial charge in [0.15, 0.2) is 0 Å². The zero-order valence-electron chi connectivity index (χ0n) is 14.1. The third-order valence-corrected chi connectivity index (χ3v) is 4.29. The van der Waals surface area contributed by atoms with Crippen LogP contribution in [0.15, 0.2) is 77.3 Å². The average Bonchev–Trinajstić information content (AvgIpc) is 2.62. The Balaban J connectivity index is 1.72. The standard InChI is InChI=1S/C21H17BrN2O2/c1-14-4-2-6-18(12-14)23-21(26)16-5-3-7-19(13-16)24-20(25)15-8-10-17(22)11-9-15/h2-13H,1H3,(H,23,26)(H,24,25). The second-order valence-electron chi connectivity index (χ2n) is 5.87. The maximum atomic E-state index is 12.4. The van der Waals surface area contributed by atoms with Crippen LogP contribution in [0.1, 0.15) is 26.3 Å². The summed E-state index contributed by atoms with van der Waals surface area (Å²) in [5.41, 5.74) is 3.38. The van der Waals surface area contributed by atoms with E-state index in [-0.39, 0.29) is 11.8 Å². The molecule has 130 valence electrons. The SMILES string of the molecule is Cc1cccc(NC(=O)c2cccc(NC(=O)c3ccc(Br)cc3)c2)c1. The molecule has 0 aliphatic rings. The van der Waals surface area contributed by atoms with Gasteiger partial charge in [0.1, 0.15) is 0 Å². The van der Waals surface area contributed by atoms with Crippen molar-refractivity contribution >= 4 is 39.1 Å². The van der Waals surface area contributed by atoms with Gasteiger partial charge in [0.25, 0.3) is 11.8 Å². The highest BCUT2D eigenvalue weighted by Gasteiger charge is 2.10. The first kappa shape index (κ1) is 17.9. The van der Waals surface area contributed by atoms with Crippen LogP contribution in [0.4, 0.5) is 11.4 Å². The van der Waals surface area contributed by atoms with Gasteiger partial charge in [0.2, 0.25) is 0 Å². The lowest BCUT2D eigenvalue weighted by Crippen LogP contribution is -2.14. The van der Waals surface area contributed by atoms with Crippen molar-refractivity contribution in [3.8, 4) is 0 Å². The number of anilines is 2. The van der Waals surface area contributed by atoms with Crippen LogP contribution in [0.2, 0.25) is 0 Å². The Morgan fingerprint density at radius 1 is 0.731 bits per heavy atom. The summed E-state index contributed by atoms with van der Waals surface area (Å²) in [6.45, 7) is 1.97. The zero-order chi connectivity index (χ0) is 18.5. The average molecular weight is 409 g/mol. The van der Waals surface area contributed by atoms with Crippen molar-refractivity contribution in [1.82, 2.24) is 0 Å². The van der Waals surface area contributed by atoms with Gasteiger partial charge in [-0.3, -0.25) is 9.59 Å². The summed E-state index contributed by atoms with van der Waals surface area (Å²) in [6, 6.07) is 21.5. The van der Waals surface area contributed by atoms with Gasteiger partial charge in [-0.25, -0.2) is 0 Å². The van der Waals surface area contributed by atoms with Gasteiger partial charge in [-0.15, -0.1) is 0 Å². The summed E-state index contributed by atoms with van der Waals surface area (Å²) in [7, 11) is 0. The molecule has 0 atom stereocenters. The number of hydrogen-bond acceptors (Lipinski definition) is 2. The normalized spacial score (nSPS) is 10.2. The summed E-state index contributed by atoms with van der Waals surface area (Å²) >= 11 is 3.34. The molecule has 0 spiro atoms. The van der Waals surface area contributed by atoms with Gasteiger partial charge in [-0.05, 0) is 67.1 Å². The van der Waals surface area contributed by atoms with E-state index in [4.69, 9.17) is 0 Å². The van der Waals surface area contributed by atoms with E-state index in [1.807, 2.05) is 31.2 Å². The van der Waals surface area contributed by atoms with Crippen molar-refractivity contribution in [3.05, 3.63) is 94.0 Å². The Hall–Kier alpha value is -2.92. The molecule has 0 unspecified atom stereocenters. The van der Waals surface area contributed by atoms with Crippen LogP contribution in [-0.2, 0) is 0 Å². The molecular weight excluding hydrogens is 392 g/mol. The molecule has 3 aromatic carbocycles. The highest BCUT2D eigenvalue weighted by atomic mass is 79.9. The molecule has 2 amide bonds. The first-order valence-electron chi connectivity index (χ1n) is 8.06. The maximum Gasteiger partial charge on any atom is 0.255 e. The minimum absolute atomic E-state index is 0.227. The summed E-state index contributed by atoms with van der Waals surface area (Å²) in [5, 5.41) is 5.67. The van der Waals surface area contributed by atoms with Gasteiger partial charge in [-0.2, -0.15) is 0 Å². The lowest BCUT2D eigenvalue weighted by Gasteiger charge is -2.09. The monoisotopic (exact) mass is 408 g/mol. The molecule has 0 radical (unpaired) electrons. The molecule has 26 heavy (non-hydrogen) atoms. The van der Waals surface area contributed by atoms with Crippen molar-refractivity contribution in [2.45, 2.75) is 6.92 Å². The quantitative estimate of drug-likeness (QED) is 0.618. The van der Waals surface area contributed by atoms with E-state index >= 15 is 0 Å². The van der Waals surface area contributed by atoms with Gasteiger partial charge >= 0.3 is 0 Å². The second kappa shape index (κ2) is 7.97. The van der Waals surface area contributed by atoms with Crippen molar-refractivity contribution in [2.75, 3.05) is 10.6 Å². The van der Waals surface area contributed by atoms with Crippen molar-refractivity contribution in [3.63, 3.8) is 0 Å². The largest absolute Gasteiger partial charge is 0.322 e. The highest BCUT2D eigenvalue weighted by molar-refractivity contribution is 9.10. The van der Waals surface area contributed by atoms with Crippen LogP contribution < -0.4 is 10.6 Å². The molecular formula is C21H17BrN2O2. The first-order chi connectivity index (χ1) is 12.5. The molecule has 5 heteroatoms. The fraction of sp³-hybridized carbons (Fsp3) is 0.0476. The van der Waals surface area contributed by atoms with Crippen LogP contribution >= 0.6 is 15.9 Å². The number of benzene rings is 3. The highest BCUT2D eigenvalue weighted by Crippen LogP contribution is 2.16. The summed E-state index contributed by atoms with van der Waals surface area (Å²) in [4.78, 5) is 24.7. The number of carbonyl (C=O) groups excluding carboxylic acids is 2. The molecule has 4 nitrogen and oxygen atoms in total. The summed E-state index contributed by atoms with van der Waals surface area (Å²) in [6.07, 6.45) is 0. The second-order valence-corrected chi connectivity index (χ2v) is 6.78. The fourth-order valence-electron chi connectivity index (χ4n) is 2.47. The number of rotatable bonds is 4. The molecule has 0 saturated carbocycles. The van der Waals surface area contributed by atoms with Crippen LogP contribution in [0.3, 0.4) is 0 Å². The molecule has 2 N–H and O–H groups in total. The molecule has 0 aliphatic carbocycles. The Morgan fingerprint density at radius 3 is 1.96 bits per heavy atom. The summed E-state index contributed by atoms with van der Waals surface area (Å²) < 4.78 is 0.906. The smallest absolute Gasteiger partial charge is 0.255 e. The van der Waals surface area contributed by atoms with E-state index in [0.717, 1.165) is 15.7 Å². The van der Waals surface area contributed by atoms with E-state index < -0.39 is 0 Å². The number of amides is 2. The van der Waals surface area contributed by atoms with Gasteiger partial charge in [-0.1, -0.05) is 34.1 Å². The fourth-order valence-corrected chi connectivity index (χ4v) is 2.73. The Labute approximate surface area is 160 Å². The number of nitrogens with one attached hydrogen (secondary N) is 2. The molecule has 0 aromatic heterocycles. The first-order valence-corrected chi connectivity index (χ1v) is 8.85. The number of halogens is 1. The predicted octanol–water partition coefficient (Wildman–Crippen LogP) is 5.26. The Morgan fingerprint density at radius 2 is 1.31 bits per heavy atom.